The molecule has 1 aromatic carbocycles. The largest absolute Gasteiger partial charge is 0.497 e. The van der Waals surface area contributed by atoms with Gasteiger partial charge >= 0.3 is 0 Å². The van der Waals surface area contributed by atoms with Crippen LogP contribution in [-0.2, 0) is 0 Å². The summed E-state index contributed by atoms with van der Waals surface area (Å²) in [6, 6.07) is 5.31. The second kappa shape index (κ2) is 5.31. The summed E-state index contributed by atoms with van der Waals surface area (Å²) in [5.41, 5.74) is 1.58. The molecule has 2 rings (SSSR count). The van der Waals surface area contributed by atoms with Crippen LogP contribution in [-0.4, -0.2) is 24.2 Å². The Balaban J connectivity index is 2.25. The minimum absolute atomic E-state index is 0.467. The molecule has 0 atom stereocenters. The summed E-state index contributed by atoms with van der Waals surface area (Å²) in [5.74, 6) is 1.80. The third-order valence-electron chi connectivity index (χ3n) is 2.29. The highest BCUT2D eigenvalue weighted by Gasteiger charge is 2.01. The van der Waals surface area contributed by atoms with Crippen molar-refractivity contribution in [2.24, 2.45) is 10.2 Å². The van der Waals surface area contributed by atoms with Crippen molar-refractivity contribution in [1.82, 2.24) is 9.97 Å². The molecule has 0 aliphatic carbocycles. The molecule has 1 aromatic heterocycles. The number of hydrogen-bond acceptors (Lipinski definition) is 5. The van der Waals surface area contributed by atoms with Crippen molar-refractivity contribution in [2.45, 2.75) is 6.92 Å². The topological polar surface area (TPSA) is 71.9 Å². The van der Waals surface area contributed by atoms with E-state index in [0.29, 0.717) is 23.1 Å². The molecule has 0 spiro atoms. The molecular weight excluding hydrogens is 232 g/mol. The zero-order chi connectivity index (χ0) is 13.0. The molecule has 0 fully saturated rings. The number of methoxy groups -OCH3 is 2. The average Bonchev–Trinajstić information content (AvgIpc) is 2.81. The smallest absolute Gasteiger partial charge is 0.246 e. The fourth-order valence-electron chi connectivity index (χ4n) is 1.40. The van der Waals surface area contributed by atoms with E-state index in [1.807, 2.05) is 6.92 Å². The Morgan fingerprint density at radius 1 is 1.06 bits per heavy atom. The van der Waals surface area contributed by atoms with E-state index in [0.717, 1.165) is 5.69 Å². The first-order valence-electron chi connectivity index (χ1n) is 5.37. The maximum absolute atomic E-state index is 5.15. The van der Waals surface area contributed by atoms with Gasteiger partial charge in [0.05, 0.1) is 19.9 Å². The van der Waals surface area contributed by atoms with Gasteiger partial charge in [0.1, 0.15) is 11.5 Å². The summed E-state index contributed by atoms with van der Waals surface area (Å²) < 4.78 is 10.3. The van der Waals surface area contributed by atoms with Gasteiger partial charge in [-0.3, -0.25) is 0 Å². The summed E-state index contributed by atoms with van der Waals surface area (Å²) in [7, 11) is 3.18. The second-order valence-corrected chi connectivity index (χ2v) is 3.66. The Kier molecular flexibility index (Phi) is 3.57. The van der Waals surface area contributed by atoms with Crippen LogP contribution in [0.15, 0.2) is 34.6 Å². The van der Waals surface area contributed by atoms with E-state index in [2.05, 4.69) is 20.2 Å². The first kappa shape index (κ1) is 12.1. The van der Waals surface area contributed by atoms with Crippen molar-refractivity contribution in [3.8, 4) is 11.5 Å². The Morgan fingerprint density at radius 3 is 2.22 bits per heavy atom. The fraction of sp³-hybridized carbons (Fsp3) is 0.250. The third kappa shape index (κ3) is 2.85. The number of hydrogen-bond donors (Lipinski definition) is 1. The lowest BCUT2D eigenvalue weighted by molar-refractivity contribution is 0.394. The van der Waals surface area contributed by atoms with Crippen LogP contribution < -0.4 is 9.47 Å². The quantitative estimate of drug-likeness (QED) is 0.842. The summed E-state index contributed by atoms with van der Waals surface area (Å²) >= 11 is 0. The molecule has 6 heteroatoms. The van der Waals surface area contributed by atoms with E-state index in [-0.39, 0.29) is 0 Å². The lowest BCUT2D eigenvalue weighted by atomic mass is 10.3. The molecule has 18 heavy (non-hydrogen) atoms. The number of azo groups is 1. The molecule has 94 valence electrons. The Labute approximate surface area is 105 Å². The highest BCUT2D eigenvalue weighted by molar-refractivity contribution is 5.49. The van der Waals surface area contributed by atoms with Crippen LogP contribution in [0.4, 0.5) is 11.6 Å². The van der Waals surface area contributed by atoms with E-state index < -0.39 is 0 Å². The van der Waals surface area contributed by atoms with Gasteiger partial charge in [0, 0.05) is 30.1 Å². The summed E-state index contributed by atoms with van der Waals surface area (Å²) in [4.78, 5) is 7.01. The molecule has 0 aliphatic heterocycles. The highest BCUT2D eigenvalue weighted by Crippen LogP contribution is 2.28. The molecule has 1 heterocycles. The van der Waals surface area contributed by atoms with Gasteiger partial charge in [0.15, 0.2) is 0 Å². The van der Waals surface area contributed by atoms with Crippen LogP contribution in [0, 0.1) is 6.92 Å². The van der Waals surface area contributed by atoms with E-state index in [9.17, 15) is 0 Å². The minimum atomic E-state index is 0.467. The maximum atomic E-state index is 5.15. The van der Waals surface area contributed by atoms with Crippen molar-refractivity contribution in [3.05, 3.63) is 30.1 Å². The van der Waals surface area contributed by atoms with E-state index in [1.165, 1.54) is 0 Å². The third-order valence-corrected chi connectivity index (χ3v) is 2.29. The number of ether oxygens (including phenoxy) is 2. The summed E-state index contributed by atoms with van der Waals surface area (Å²) in [6.45, 7) is 1.90. The normalized spacial score (nSPS) is 10.8. The van der Waals surface area contributed by atoms with Gasteiger partial charge in [0.2, 0.25) is 5.95 Å². The number of H-pyrrole nitrogens is 1. The molecule has 0 aliphatic rings. The molecule has 0 saturated heterocycles. The standard InChI is InChI=1S/C12H14N4O2/c1-8-7-13-12(14-8)16-15-9-4-10(17-2)6-11(5-9)18-3/h4-7H,1-3H3,(H,13,14). The van der Waals surface area contributed by atoms with Crippen LogP contribution in [0.5, 0.6) is 11.5 Å². The molecule has 0 unspecified atom stereocenters. The molecule has 0 bridgehead atoms. The van der Waals surface area contributed by atoms with Gasteiger partial charge in [-0.05, 0) is 6.92 Å². The molecule has 1 N–H and O–H groups in total. The zero-order valence-corrected chi connectivity index (χ0v) is 10.5. The number of aryl methyl sites for hydroxylation is 1. The predicted octanol–water partition coefficient (Wildman–Crippen LogP) is 3.15. The fourth-order valence-corrected chi connectivity index (χ4v) is 1.40. The van der Waals surface area contributed by atoms with Crippen LogP contribution >= 0.6 is 0 Å². The Bertz CT molecular complexity index is 541. The summed E-state index contributed by atoms with van der Waals surface area (Å²) in [6.07, 6.45) is 1.69. The first-order valence-corrected chi connectivity index (χ1v) is 5.37. The van der Waals surface area contributed by atoms with Crippen LogP contribution in [0.1, 0.15) is 5.69 Å². The van der Waals surface area contributed by atoms with Gasteiger partial charge in [0.25, 0.3) is 0 Å². The lowest BCUT2D eigenvalue weighted by Gasteiger charge is -2.04. The zero-order valence-electron chi connectivity index (χ0n) is 10.5. The monoisotopic (exact) mass is 246 g/mol. The molecule has 6 nitrogen and oxygen atoms in total. The van der Waals surface area contributed by atoms with Crippen LogP contribution in [0.3, 0.4) is 0 Å². The number of benzene rings is 1. The first-order chi connectivity index (χ1) is 8.71. The van der Waals surface area contributed by atoms with E-state index >= 15 is 0 Å². The Morgan fingerprint density at radius 2 is 1.72 bits per heavy atom. The molecule has 0 amide bonds. The molecular formula is C12H14N4O2. The lowest BCUT2D eigenvalue weighted by Crippen LogP contribution is -1.86. The van der Waals surface area contributed by atoms with E-state index in [1.54, 1.807) is 38.6 Å². The van der Waals surface area contributed by atoms with Crippen LogP contribution in [0.25, 0.3) is 0 Å². The highest BCUT2D eigenvalue weighted by atomic mass is 16.5. The van der Waals surface area contributed by atoms with Crippen molar-refractivity contribution >= 4 is 11.6 Å². The maximum Gasteiger partial charge on any atom is 0.246 e. The minimum Gasteiger partial charge on any atom is -0.497 e. The van der Waals surface area contributed by atoms with Gasteiger partial charge in [-0.2, -0.15) is 0 Å². The number of imidazole rings is 1. The van der Waals surface area contributed by atoms with Crippen molar-refractivity contribution in [1.29, 1.82) is 0 Å². The van der Waals surface area contributed by atoms with Gasteiger partial charge in [-0.25, -0.2) is 4.98 Å². The number of aromatic nitrogens is 2. The Hall–Kier alpha value is -2.37. The summed E-state index contributed by atoms with van der Waals surface area (Å²) in [5, 5.41) is 8.07. The number of rotatable bonds is 4. The molecule has 0 saturated carbocycles. The van der Waals surface area contributed by atoms with Gasteiger partial charge in [-0.1, -0.05) is 0 Å². The van der Waals surface area contributed by atoms with Crippen LogP contribution in [0.2, 0.25) is 0 Å². The van der Waals surface area contributed by atoms with Gasteiger partial charge in [-0.15, -0.1) is 10.2 Å². The SMILES string of the molecule is COc1cc(N=Nc2ncc(C)[nH]2)cc(OC)c1. The van der Waals surface area contributed by atoms with Crippen molar-refractivity contribution in [2.75, 3.05) is 14.2 Å². The number of aromatic amines is 1. The number of nitrogens with zero attached hydrogens (tertiary/aromatic N) is 3. The average molecular weight is 246 g/mol. The molecule has 0 radical (unpaired) electrons. The second-order valence-electron chi connectivity index (χ2n) is 3.66. The van der Waals surface area contributed by atoms with Gasteiger partial charge < -0.3 is 14.5 Å². The van der Waals surface area contributed by atoms with Crippen molar-refractivity contribution in [3.63, 3.8) is 0 Å². The predicted molar refractivity (Wildman–Crippen MR) is 67.0 cm³/mol. The van der Waals surface area contributed by atoms with E-state index in [4.69, 9.17) is 9.47 Å². The van der Waals surface area contributed by atoms with Crippen molar-refractivity contribution < 1.29 is 9.47 Å². The number of nitrogens with one attached hydrogen (secondary N) is 1. The molecule has 2 aromatic rings.